The van der Waals surface area contributed by atoms with Crippen molar-refractivity contribution >= 4 is 0 Å². The molecule has 0 radical (unpaired) electrons. The number of hydrogen-bond acceptors (Lipinski definition) is 4. The summed E-state index contributed by atoms with van der Waals surface area (Å²) in [5.41, 5.74) is 1.25. The van der Waals surface area contributed by atoms with Gasteiger partial charge >= 0.3 is 0 Å². The van der Waals surface area contributed by atoms with Gasteiger partial charge in [-0.1, -0.05) is 30.3 Å². The maximum absolute atomic E-state index is 5.41. The van der Waals surface area contributed by atoms with Gasteiger partial charge in [-0.05, 0) is 12.5 Å². The summed E-state index contributed by atoms with van der Waals surface area (Å²) in [6.07, 6.45) is 2.58. The predicted octanol–water partition coefficient (Wildman–Crippen LogP) is 1.59. The molecule has 0 N–H and O–H groups in total. The lowest BCUT2D eigenvalue weighted by Crippen LogP contribution is -2.43. The third kappa shape index (κ3) is 3.68. The number of ether oxygens (including phenoxy) is 1. The summed E-state index contributed by atoms with van der Waals surface area (Å²) in [5, 5.41) is 4.37. The quantitative estimate of drug-likeness (QED) is 0.837. The first-order chi connectivity index (χ1) is 10.3. The maximum Gasteiger partial charge on any atom is 0.138 e. The van der Waals surface area contributed by atoms with Crippen molar-refractivity contribution in [1.29, 1.82) is 0 Å². The standard InChI is InChI=1S/C16H22N4O/c1-14(19-7-9-21-10-8-19)11-16-17-13-18-20(16)12-15-5-3-2-4-6-15/h2-6,13-14H,7-12H2,1H3/t14-/m1/s1. The summed E-state index contributed by atoms with van der Waals surface area (Å²) in [6.45, 7) is 6.73. The minimum absolute atomic E-state index is 0.465. The molecule has 5 heteroatoms. The Balaban J connectivity index is 1.64. The molecule has 1 atom stereocenters. The molecule has 0 saturated carbocycles. The first-order valence-corrected chi connectivity index (χ1v) is 7.55. The van der Waals surface area contributed by atoms with Crippen LogP contribution in [0.3, 0.4) is 0 Å². The fraction of sp³-hybridized carbons (Fsp3) is 0.500. The predicted molar refractivity (Wildman–Crippen MR) is 81.1 cm³/mol. The molecule has 3 rings (SSSR count). The monoisotopic (exact) mass is 286 g/mol. The number of benzene rings is 1. The van der Waals surface area contributed by atoms with Gasteiger partial charge in [0, 0.05) is 25.6 Å². The minimum atomic E-state index is 0.465. The molecular weight excluding hydrogens is 264 g/mol. The largest absolute Gasteiger partial charge is 0.379 e. The topological polar surface area (TPSA) is 43.2 Å². The SMILES string of the molecule is C[C@H](Cc1ncnn1Cc1ccccc1)N1CCOCC1. The molecule has 1 aromatic heterocycles. The molecule has 1 fully saturated rings. The van der Waals surface area contributed by atoms with E-state index in [0.717, 1.165) is 45.1 Å². The molecule has 2 heterocycles. The summed E-state index contributed by atoms with van der Waals surface area (Å²) >= 11 is 0. The Morgan fingerprint density at radius 1 is 1.19 bits per heavy atom. The first-order valence-electron chi connectivity index (χ1n) is 7.55. The van der Waals surface area contributed by atoms with Gasteiger partial charge in [-0.15, -0.1) is 0 Å². The molecule has 0 aliphatic carbocycles. The van der Waals surface area contributed by atoms with E-state index < -0.39 is 0 Å². The molecule has 5 nitrogen and oxygen atoms in total. The van der Waals surface area contributed by atoms with Gasteiger partial charge < -0.3 is 4.74 Å². The maximum atomic E-state index is 5.41. The van der Waals surface area contributed by atoms with Gasteiger partial charge in [0.25, 0.3) is 0 Å². The average molecular weight is 286 g/mol. The van der Waals surface area contributed by atoms with E-state index >= 15 is 0 Å². The zero-order valence-corrected chi connectivity index (χ0v) is 12.5. The summed E-state index contributed by atoms with van der Waals surface area (Å²) < 4.78 is 7.42. The molecule has 21 heavy (non-hydrogen) atoms. The van der Waals surface area contributed by atoms with Crippen LogP contribution in [0, 0.1) is 0 Å². The van der Waals surface area contributed by atoms with Crippen molar-refractivity contribution in [2.45, 2.75) is 25.9 Å². The van der Waals surface area contributed by atoms with Gasteiger partial charge in [-0.25, -0.2) is 9.67 Å². The summed E-state index contributed by atoms with van der Waals surface area (Å²) in [7, 11) is 0. The van der Waals surface area contributed by atoms with Crippen LogP contribution in [0.15, 0.2) is 36.7 Å². The Kier molecular flexibility index (Phi) is 4.62. The number of rotatable bonds is 5. The summed E-state index contributed by atoms with van der Waals surface area (Å²) in [6, 6.07) is 10.9. The molecule has 1 saturated heterocycles. The highest BCUT2D eigenvalue weighted by atomic mass is 16.5. The van der Waals surface area contributed by atoms with Crippen LogP contribution in [0.4, 0.5) is 0 Å². The van der Waals surface area contributed by atoms with E-state index in [0.29, 0.717) is 6.04 Å². The van der Waals surface area contributed by atoms with E-state index in [1.54, 1.807) is 6.33 Å². The lowest BCUT2D eigenvalue weighted by atomic mass is 10.1. The second kappa shape index (κ2) is 6.83. The lowest BCUT2D eigenvalue weighted by molar-refractivity contribution is 0.0198. The van der Waals surface area contributed by atoms with Crippen LogP contribution in [-0.2, 0) is 17.7 Å². The molecule has 0 unspecified atom stereocenters. The molecule has 1 aliphatic heterocycles. The van der Waals surface area contributed by atoms with E-state index in [2.05, 4.69) is 46.2 Å². The third-order valence-electron chi connectivity index (χ3n) is 4.02. The van der Waals surface area contributed by atoms with Crippen LogP contribution >= 0.6 is 0 Å². The Labute approximate surface area is 125 Å². The van der Waals surface area contributed by atoms with Gasteiger partial charge in [-0.3, -0.25) is 4.90 Å². The molecule has 1 aromatic carbocycles. The molecular formula is C16H22N4O. The Hall–Kier alpha value is -1.72. The van der Waals surface area contributed by atoms with E-state index in [-0.39, 0.29) is 0 Å². The highest BCUT2D eigenvalue weighted by Crippen LogP contribution is 2.10. The normalized spacial score (nSPS) is 17.8. The fourth-order valence-corrected chi connectivity index (χ4v) is 2.75. The van der Waals surface area contributed by atoms with Gasteiger partial charge in [-0.2, -0.15) is 5.10 Å². The fourth-order valence-electron chi connectivity index (χ4n) is 2.75. The molecule has 2 aromatic rings. The highest BCUT2D eigenvalue weighted by molar-refractivity contribution is 5.15. The van der Waals surface area contributed by atoms with Crippen LogP contribution in [0.1, 0.15) is 18.3 Å². The average Bonchev–Trinajstić information content (AvgIpc) is 2.96. The van der Waals surface area contributed by atoms with Crippen molar-refractivity contribution < 1.29 is 4.74 Å². The van der Waals surface area contributed by atoms with E-state index in [1.807, 2.05) is 10.7 Å². The van der Waals surface area contributed by atoms with Crippen LogP contribution in [-0.4, -0.2) is 52.0 Å². The number of nitrogens with zero attached hydrogens (tertiary/aromatic N) is 4. The molecule has 0 bridgehead atoms. The minimum Gasteiger partial charge on any atom is -0.379 e. The Morgan fingerprint density at radius 3 is 2.71 bits per heavy atom. The second-order valence-electron chi connectivity index (χ2n) is 5.52. The van der Waals surface area contributed by atoms with Crippen molar-refractivity contribution in [1.82, 2.24) is 19.7 Å². The van der Waals surface area contributed by atoms with Gasteiger partial charge in [0.05, 0.1) is 19.8 Å². The van der Waals surface area contributed by atoms with Crippen molar-refractivity contribution in [3.63, 3.8) is 0 Å². The van der Waals surface area contributed by atoms with Crippen molar-refractivity contribution in [2.24, 2.45) is 0 Å². The van der Waals surface area contributed by atoms with Crippen LogP contribution in [0.5, 0.6) is 0 Å². The molecule has 112 valence electrons. The van der Waals surface area contributed by atoms with Gasteiger partial charge in [0.1, 0.15) is 12.2 Å². The zero-order chi connectivity index (χ0) is 14.5. The number of hydrogen-bond donors (Lipinski definition) is 0. The highest BCUT2D eigenvalue weighted by Gasteiger charge is 2.19. The van der Waals surface area contributed by atoms with Gasteiger partial charge in [0.15, 0.2) is 0 Å². The van der Waals surface area contributed by atoms with Gasteiger partial charge in [0.2, 0.25) is 0 Å². The van der Waals surface area contributed by atoms with Crippen LogP contribution in [0.25, 0.3) is 0 Å². The first kappa shape index (κ1) is 14.2. The smallest absolute Gasteiger partial charge is 0.138 e. The van der Waals surface area contributed by atoms with Crippen LogP contribution < -0.4 is 0 Å². The van der Waals surface area contributed by atoms with Crippen molar-refractivity contribution in [3.05, 3.63) is 48.0 Å². The van der Waals surface area contributed by atoms with E-state index in [4.69, 9.17) is 4.74 Å². The van der Waals surface area contributed by atoms with Crippen molar-refractivity contribution in [3.8, 4) is 0 Å². The zero-order valence-electron chi connectivity index (χ0n) is 12.5. The summed E-state index contributed by atoms with van der Waals surface area (Å²) in [4.78, 5) is 6.90. The number of morpholine rings is 1. The third-order valence-corrected chi connectivity index (χ3v) is 4.02. The van der Waals surface area contributed by atoms with Crippen molar-refractivity contribution in [2.75, 3.05) is 26.3 Å². The Morgan fingerprint density at radius 2 is 1.95 bits per heavy atom. The lowest BCUT2D eigenvalue weighted by Gasteiger charge is -2.32. The molecule has 0 amide bonds. The Bertz CT molecular complexity index is 548. The number of aromatic nitrogens is 3. The van der Waals surface area contributed by atoms with E-state index in [9.17, 15) is 0 Å². The van der Waals surface area contributed by atoms with E-state index in [1.165, 1.54) is 5.56 Å². The second-order valence-corrected chi connectivity index (χ2v) is 5.52. The molecule has 1 aliphatic rings. The van der Waals surface area contributed by atoms with Crippen LogP contribution in [0.2, 0.25) is 0 Å². The summed E-state index contributed by atoms with van der Waals surface area (Å²) in [5.74, 6) is 1.05. The molecule has 0 spiro atoms.